The van der Waals surface area contributed by atoms with Gasteiger partial charge in [0.1, 0.15) is 0 Å². The second-order valence-electron chi connectivity index (χ2n) is 3.98. The molecule has 0 amide bonds. The molecule has 1 heterocycles. The zero-order chi connectivity index (χ0) is 10.9. The van der Waals surface area contributed by atoms with Crippen LogP contribution in [0, 0.1) is 17.8 Å². The molecule has 1 saturated heterocycles. The molecular formula is C9H17NO4. The summed E-state index contributed by atoms with van der Waals surface area (Å²) in [6, 6.07) is 0. The fourth-order valence-electron chi connectivity index (χ4n) is 1.83. The summed E-state index contributed by atoms with van der Waals surface area (Å²) in [5, 5.41) is 8.90. The summed E-state index contributed by atoms with van der Waals surface area (Å²) < 4.78 is 5.25. The largest absolute Gasteiger partial charge is 0.479 e. The van der Waals surface area contributed by atoms with E-state index in [1.54, 1.807) is 0 Å². The number of aliphatic carboxylic acids is 1. The van der Waals surface area contributed by atoms with E-state index in [9.17, 15) is 4.79 Å². The molecule has 1 fully saturated rings. The van der Waals surface area contributed by atoms with E-state index in [4.69, 9.17) is 15.7 Å². The Hall–Kier alpha value is -0.650. The van der Waals surface area contributed by atoms with Gasteiger partial charge in [-0.15, -0.1) is 0 Å². The average Bonchev–Trinajstić information content (AvgIpc) is 2.14. The van der Waals surface area contributed by atoms with Crippen molar-refractivity contribution in [1.29, 1.82) is 0 Å². The van der Waals surface area contributed by atoms with Crippen LogP contribution in [-0.4, -0.2) is 23.5 Å². The second-order valence-corrected chi connectivity index (χ2v) is 3.98. The minimum atomic E-state index is -0.960. The molecule has 0 radical (unpaired) electrons. The maximum absolute atomic E-state index is 10.9. The van der Waals surface area contributed by atoms with E-state index in [1.807, 2.05) is 20.8 Å². The highest BCUT2D eigenvalue weighted by Gasteiger charge is 2.42. The highest BCUT2D eigenvalue weighted by Crippen LogP contribution is 2.34. The normalized spacial score (nSPS) is 43.6. The first-order chi connectivity index (χ1) is 6.49. The van der Waals surface area contributed by atoms with Gasteiger partial charge < -0.3 is 9.84 Å². The van der Waals surface area contributed by atoms with Gasteiger partial charge in [0.05, 0.1) is 0 Å². The molecule has 0 aromatic carbocycles. The van der Waals surface area contributed by atoms with Gasteiger partial charge in [0.2, 0.25) is 0 Å². The predicted octanol–water partition coefficient (Wildman–Crippen LogP) is 0.594. The van der Waals surface area contributed by atoms with Gasteiger partial charge in [-0.3, -0.25) is 4.84 Å². The van der Waals surface area contributed by atoms with Crippen LogP contribution in [0.5, 0.6) is 0 Å². The van der Waals surface area contributed by atoms with Crippen molar-refractivity contribution in [3.8, 4) is 0 Å². The molecule has 14 heavy (non-hydrogen) atoms. The molecule has 82 valence electrons. The number of carbonyl (C=O) groups is 1. The average molecular weight is 203 g/mol. The summed E-state index contributed by atoms with van der Waals surface area (Å²) in [4.78, 5) is 15.5. The van der Waals surface area contributed by atoms with Gasteiger partial charge >= 0.3 is 5.97 Å². The van der Waals surface area contributed by atoms with Gasteiger partial charge in [-0.1, -0.05) is 20.8 Å². The van der Waals surface area contributed by atoms with Crippen LogP contribution in [0.3, 0.4) is 0 Å². The Kier molecular flexibility index (Phi) is 3.47. The number of rotatable bonds is 2. The first kappa shape index (κ1) is 11.4. The van der Waals surface area contributed by atoms with Crippen molar-refractivity contribution in [1.82, 2.24) is 0 Å². The van der Waals surface area contributed by atoms with Gasteiger partial charge in [-0.25, -0.2) is 10.7 Å². The summed E-state index contributed by atoms with van der Waals surface area (Å²) in [5.74, 6) is 4.36. The van der Waals surface area contributed by atoms with Gasteiger partial charge in [0.25, 0.3) is 0 Å². The first-order valence-corrected chi connectivity index (χ1v) is 4.72. The number of nitrogens with two attached hydrogens (primary N) is 1. The number of hydrogen-bond acceptors (Lipinski definition) is 4. The second kappa shape index (κ2) is 4.25. The Balaban J connectivity index is 2.78. The minimum Gasteiger partial charge on any atom is -0.479 e. The molecule has 1 rings (SSSR count). The van der Waals surface area contributed by atoms with E-state index >= 15 is 0 Å². The van der Waals surface area contributed by atoms with Crippen LogP contribution in [0.25, 0.3) is 0 Å². The summed E-state index contributed by atoms with van der Waals surface area (Å²) in [7, 11) is 0. The molecule has 0 aromatic rings. The standard InChI is InChI=1S/C9H17NO4/c1-4-5(2)7(8(11)12)13-9(14-10)6(4)3/h4-7,9H,10H2,1-3H3,(H,11,12)/t4-,5+,6+,7?,9?/m0/s1. The van der Waals surface area contributed by atoms with E-state index in [0.717, 1.165) is 0 Å². The molecule has 0 spiro atoms. The van der Waals surface area contributed by atoms with E-state index in [0.29, 0.717) is 0 Å². The molecule has 3 N–H and O–H groups in total. The van der Waals surface area contributed by atoms with Crippen LogP contribution in [-0.2, 0) is 14.4 Å². The molecule has 1 aliphatic heterocycles. The molecule has 0 aromatic heterocycles. The van der Waals surface area contributed by atoms with Gasteiger partial charge in [0.15, 0.2) is 12.4 Å². The first-order valence-electron chi connectivity index (χ1n) is 4.72. The van der Waals surface area contributed by atoms with Crippen LogP contribution >= 0.6 is 0 Å². The summed E-state index contributed by atoms with van der Waals surface area (Å²) in [5.41, 5.74) is 0. The van der Waals surface area contributed by atoms with Crippen molar-refractivity contribution in [2.24, 2.45) is 23.7 Å². The Morgan fingerprint density at radius 2 is 1.86 bits per heavy atom. The van der Waals surface area contributed by atoms with E-state index < -0.39 is 18.4 Å². The number of ether oxygens (including phenoxy) is 1. The minimum absolute atomic E-state index is 0.0334. The Bertz CT molecular complexity index is 219. The smallest absolute Gasteiger partial charge is 0.333 e. The lowest BCUT2D eigenvalue weighted by Gasteiger charge is -2.40. The van der Waals surface area contributed by atoms with Crippen LogP contribution < -0.4 is 5.90 Å². The van der Waals surface area contributed by atoms with E-state index in [2.05, 4.69) is 4.84 Å². The highest BCUT2D eigenvalue weighted by molar-refractivity contribution is 5.72. The third-order valence-electron chi connectivity index (χ3n) is 3.22. The summed E-state index contributed by atoms with van der Waals surface area (Å²) >= 11 is 0. The van der Waals surface area contributed by atoms with Gasteiger partial charge in [0, 0.05) is 5.92 Å². The number of carboxylic acids is 1. The topological polar surface area (TPSA) is 81.8 Å². The summed E-state index contributed by atoms with van der Waals surface area (Å²) in [6.07, 6.45) is -1.45. The SMILES string of the molecule is C[C@@H]1[C@@H](C)C(ON)OC(C(=O)O)[C@@H]1C. The molecule has 5 heteroatoms. The molecular weight excluding hydrogens is 186 g/mol. The van der Waals surface area contributed by atoms with Crippen LogP contribution in [0.4, 0.5) is 0 Å². The molecule has 5 atom stereocenters. The van der Waals surface area contributed by atoms with Crippen molar-refractivity contribution in [2.75, 3.05) is 0 Å². The molecule has 1 aliphatic rings. The lowest BCUT2D eigenvalue weighted by atomic mass is 9.79. The monoisotopic (exact) mass is 203 g/mol. The van der Waals surface area contributed by atoms with Crippen molar-refractivity contribution < 1.29 is 19.5 Å². The fourth-order valence-corrected chi connectivity index (χ4v) is 1.83. The molecule has 0 aliphatic carbocycles. The quantitative estimate of drug-likeness (QED) is 0.642. The van der Waals surface area contributed by atoms with Gasteiger partial charge in [-0.05, 0) is 11.8 Å². The zero-order valence-corrected chi connectivity index (χ0v) is 8.64. The van der Waals surface area contributed by atoms with E-state index in [-0.39, 0.29) is 17.8 Å². The Morgan fingerprint density at radius 1 is 1.29 bits per heavy atom. The van der Waals surface area contributed by atoms with Crippen molar-refractivity contribution in [2.45, 2.75) is 33.2 Å². The maximum atomic E-state index is 10.9. The fraction of sp³-hybridized carbons (Fsp3) is 0.889. The Morgan fingerprint density at radius 3 is 2.29 bits per heavy atom. The zero-order valence-electron chi connectivity index (χ0n) is 8.64. The van der Waals surface area contributed by atoms with E-state index in [1.165, 1.54) is 0 Å². The third kappa shape index (κ3) is 1.89. The van der Waals surface area contributed by atoms with Crippen LogP contribution in [0.1, 0.15) is 20.8 Å². The highest BCUT2D eigenvalue weighted by atomic mass is 16.8. The molecule has 5 nitrogen and oxygen atoms in total. The lowest BCUT2D eigenvalue weighted by Crippen LogP contribution is -2.49. The molecule has 2 unspecified atom stereocenters. The maximum Gasteiger partial charge on any atom is 0.333 e. The lowest BCUT2D eigenvalue weighted by molar-refractivity contribution is -0.251. The molecule has 0 bridgehead atoms. The predicted molar refractivity (Wildman–Crippen MR) is 49.1 cm³/mol. The van der Waals surface area contributed by atoms with Crippen molar-refractivity contribution >= 4 is 5.97 Å². The van der Waals surface area contributed by atoms with Crippen molar-refractivity contribution in [3.05, 3.63) is 0 Å². The van der Waals surface area contributed by atoms with Crippen LogP contribution in [0.2, 0.25) is 0 Å². The van der Waals surface area contributed by atoms with Gasteiger partial charge in [-0.2, -0.15) is 0 Å². The number of carboxylic acid groups (broad SMARTS) is 1. The third-order valence-corrected chi connectivity index (χ3v) is 3.22. The number of hydrogen-bond donors (Lipinski definition) is 2. The molecule has 0 saturated carbocycles. The summed E-state index contributed by atoms with van der Waals surface area (Å²) in [6.45, 7) is 5.79. The Labute approximate surface area is 83.1 Å². The van der Waals surface area contributed by atoms with Crippen molar-refractivity contribution in [3.63, 3.8) is 0 Å². The van der Waals surface area contributed by atoms with Crippen LogP contribution in [0.15, 0.2) is 0 Å².